The molecule has 1 atom stereocenters. The lowest BCUT2D eigenvalue weighted by molar-refractivity contribution is 0.550. The average molecular weight is 365 g/mol. The van der Waals surface area contributed by atoms with Crippen molar-refractivity contribution in [1.29, 1.82) is 0 Å². The third-order valence-electron chi connectivity index (χ3n) is 2.92. The molecule has 2 N–H and O–H groups in total. The maximum atomic E-state index is 14.0. The molecule has 0 aliphatic rings. The summed E-state index contributed by atoms with van der Waals surface area (Å²) in [5.74, 6) is -2.02. The quantitative estimate of drug-likeness (QED) is 0.781. The zero-order valence-corrected chi connectivity index (χ0v) is 12.5. The first-order valence-corrected chi connectivity index (χ1v) is 6.90. The highest BCUT2D eigenvalue weighted by Crippen LogP contribution is 2.31. The monoisotopic (exact) mass is 363 g/mol. The van der Waals surface area contributed by atoms with Gasteiger partial charge in [-0.15, -0.1) is 0 Å². The van der Waals surface area contributed by atoms with Gasteiger partial charge in [0.1, 0.15) is 17.5 Å². The fourth-order valence-corrected chi connectivity index (χ4v) is 2.34. The van der Waals surface area contributed by atoms with Crippen molar-refractivity contribution < 1.29 is 13.2 Å². The number of rotatable bonds is 3. The van der Waals surface area contributed by atoms with E-state index in [4.69, 9.17) is 17.3 Å². The Morgan fingerprint density at radius 2 is 1.85 bits per heavy atom. The molecule has 0 fully saturated rings. The predicted molar refractivity (Wildman–Crippen MR) is 76.1 cm³/mol. The summed E-state index contributed by atoms with van der Waals surface area (Å²) in [6.07, 6.45) is 0.0427. The Labute approximate surface area is 127 Å². The van der Waals surface area contributed by atoms with Crippen LogP contribution in [0.2, 0.25) is 5.02 Å². The standard InChI is InChI=1S/C14H10BrClF3N/c15-10-4-3-9(14(19)13(10)16)12(20)5-7-1-2-8(17)6-11(7)18/h1-4,6,12H,5,20H2. The molecule has 1 nitrogen and oxygen atoms in total. The average Bonchev–Trinajstić information content (AvgIpc) is 2.39. The van der Waals surface area contributed by atoms with Gasteiger partial charge in [0.2, 0.25) is 0 Å². The van der Waals surface area contributed by atoms with E-state index >= 15 is 0 Å². The molecule has 0 saturated carbocycles. The largest absolute Gasteiger partial charge is 0.324 e. The molecule has 0 aliphatic heterocycles. The van der Waals surface area contributed by atoms with E-state index in [9.17, 15) is 13.2 Å². The van der Waals surface area contributed by atoms with Gasteiger partial charge in [-0.2, -0.15) is 0 Å². The van der Waals surface area contributed by atoms with Gasteiger partial charge in [-0.25, -0.2) is 13.2 Å². The van der Waals surface area contributed by atoms with Crippen molar-refractivity contribution in [1.82, 2.24) is 0 Å². The van der Waals surface area contributed by atoms with E-state index in [1.807, 2.05) is 0 Å². The molecule has 20 heavy (non-hydrogen) atoms. The lowest BCUT2D eigenvalue weighted by Gasteiger charge is -2.15. The Kier molecular flexibility index (Phi) is 4.73. The summed E-state index contributed by atoms with van der Waals surface area (Å²) >= 11 is 8.88. The molecule has 2 rings (SSSR count). The first kappa shape index (κ1) is 15.4. The van der Waals surface area contributed by atoms with Crippen molar-refractivity contribution in [3.05, 3.63) is 68.4 Å². The minimum absolute atomic E-state index is 0.0427. The van der Waals surface area contributed by atoms with Crippen LogP contribution in [0.4, 0.5) is 13.2 Å². The second-order valence-electron chi connectivity index (χ2n) is 4.31. The summed E-state index contributed by atoms with van der Waals surface area (Å²) < 4.78 is 40.8. The van der Waals surface area contributed by atoms with Gasteiger partial charge in [0.15, 0.2) is 0 Å². The van der Waals surface area contributed by atoms with Crippen molar-refractivity contribution in [2.45, 2.75) is 12.5 Å². The summed E-state index contributed by atoms with van der Waals surface area (Å²) in [5.41, 5.74) is 6.28. The van der Waals surface area contributed by atoms with Crippen molar-refractivity contribution in [2.75, 3.05) is 0 Å². The molecule has 0 radical (unpaired) electrons. The van der Waals surface area contributed by atoms with Gasteiger partial charge in [0.05, 0.1) is 5.02 Å². The van der Waals surface area contributed by atoms with E-state index < -0.39 is 23.5 Å². The van der Waals surface area contributed by atoms with Crippen LogP contribution in [0.15, 0.2) is 34.8 Å². The van der Waals surface area contributed by atoms with Crippen LogP contribution in [0.25, 0.3) is 0 Å². The molecule has 106 valence electrons. The first-order chi connectivity index (χ1) is 9.40. The summed E-state index contributed by atoms with van der Waals surface area (Å²) in [7, 11) is 0. The molecule has 1 unspecified atom stereocenters. The topological polar surface area (TPSA) is 26.0 Å². The minimum atomic E-state index is -0.777. The molecule has 6 heteroatoms. The summed E-state index contributed by atoms with van der Waals surface area (Å²) in [4.78, 5) is 0. The van der Waals surface area contributed by atoms with E-state index in [-0.39, 0.29) is 22.6 Å². The Morgan fingerprint density at radius 3 is 2.50 bits per heavy atom. The number of hydrogen-bond donors (Lipinski definition) is 1. The molecule has 0 amide bonds. The Balaban J connectivity index is 2.28. The van der Waals surface area contributed by atoms with Gasteiger partial charge in [-0.05, 0) is 40.0 Å². The highest BCUT2D eigenvalue weighted by Gasteiger charge is 2.18. The van der Waals surface area contributed by atoms with Crippen molar-refractivity contribution in [3.63, 3.8) is 0 Å². The Bertz CT molecular complexity index is 649. The van der Waals surface area contributed by atoms with E-state index in [2.05, 4.69) is 15.9 Å². The van der Waals surface area contributed by atoms with Gasteiger partial charge < -0.3 is 5.73 Å². The zero-order valence-electron chi connectivity index (χ0n) is 10.1. The molecule has 0 bridgehead atoms. The SMILES string of the molecule is NC(Cc1ccc(F)cc1F)c1ccc(Br)c(Cl)c1F. The first-order valence-electron chi connectivity index (χ1n) is 5.73. The van der Waals surface area contributed by atoms with Gasteiger partial charge in [0.25, 0.3) is 0 Å². The van der Waals surface area contributed by atoms with Crippen LogP contribution in [-0.2, 0) is 6.42 Å². The highest BCUT2D eigenvalue weighted by molar-refractivity contribution is 9.10. The normalized spacial score (nSPS) is 12.5. The van der Waals surface area contributed by atoms with E-state index in [0.717, 1.165) is 12.1 Å². The molecule has 0 aliphatic carbocycles. The van der Waals surface area contributed by atoms with Crippen molar-refractivity contribution in [2.24, 2.45) is 5.73 Å². The number of hydrogen-bond acceptors (Lipinski definition) is 1. The van der Waals surface area contributed by atoms with Crippen LogP contribution in [0.1, 0.15) is 17.2 Å². The van der Waals surface area contributed by atoms with Gasteiger partial charge in [0, 0.05) is 22.1 Å². The van der Waals surface area contributed by atoms with Crippen LogP contribution in [0.5, 0.6) is 0 Å². The van der Waals surface area contributed by atoms with E-state index in [1.54, 1.807) is 6.07 Å². The van der Waals surface area contributed by atoms with Gasteiger partial charge in [-0.1, -0.05) is 23.7 Å². The van der Waals surface area contributed by atoms with Crippen LogP contribution in [-0.4, -0.2) is 0 Å². The van der Waals surface area contributed by atoms with Crippen molar-refractivity contribution >= 4 is 27.5 Å². The second kappa shape index (κ2) is 6.16. The third kappa shape index (κ3) is 3.16. The smallest absolute Gasteiger partial charge is 0.147 e. The predicted octanol–water partition coefficient (Wildman–Crippen LogP) is 4.76. The van der Waals surface area contributed by atoms with E-state index in [0.29, 0.717) is 4.47 Å². The Hall–Kier alpha value is -1.04. The summed E-state index contributed by atoms with van der Waals surface area (Å²) in [5, 5.41) is -0.0717. The summed E-state index contributed by atoms with van der Waals surface area (Å²) in [6.45, 7) is 0. The van der Waals surface area contributed by atoms with Crippen LogP contribution < -0.4 is 5.73 Å². The van der Waals surface area contributed by atoms with Crippen LogP contribution in [0, 0.1) is 17.5 Å². The van der Waals surface area contributed by atoms with Crippen LogP contribution in [0.3, 0.4) is 0 Å². The maximum absolute atomic E-state index is 14.0. The number of halogens is 5. The molecule has 2 aromatic rings. The highest BCUT2D eigenvalue weighted by atomic mass is 79.9. The van der Waals surface area contributed by atoms with E-state index in [1.165, 1.54) is 12.1 Å². The van der Waals surface area contributed by atoms with Crippen LogP contribution >= 0.6 is 27.5 Å². The Morgan fingerprint density at radius 1 is 1.15 bits per heavy atom. The third-order valence-corrected chi connectivity index (χ3v) is 4.18. The number of nitrogens with two attached hydrogens (primary N) is 1. The fourth-order valence-electron chi connectivity index (χ4n) is 1.86. The maximum Gasteiger partial charge on any atom is 0.147 e. The molecule has 0 saturated heterocycles. The molecule has 0 aromatic heterocycles. The lowest BCUT2D eigenvalue weighted by Crippen LogP contribution is -2.16. The fraction of sp³-hybridized carbons (Fsp3) is 0.143. The summed E-state index contributed by atoms with van der Waals surface area (Å²) in [6, 6.07) is 5.48. The molecule has 0 heterocycles. The molecule has 2 aromatic carbocycles. The molecular weight excluding hydrogens is 355 g/mol. The lowest BCUT2D eigenvalue weighted by atomic mass is 9.99. The second-order valence-corrected chi connectivity index (χ2v) is 5.54. The minimum Gasteiger partial charge on any atom is -0.324 e. The zero-order chi connectivity index (χ0) is 14.9. The molecular formula is C14H10BrClF3N. The van der Waals surface area contributed by atoms with Gasteiger partial charge in [-0.3, -0.25) is 0 Å². The van der Waals surface area contributed by atoms with Crippen molar-refractivity contribution in [3.8, 4) is 0 Å². The molecule has 0 spiro atoms. The number of benzene rings is 2. The van der Waals surface area contributed by atoms with Gasteiger partial charge >= 0.3 is 0 Å².